The van der Waals surface area contributed by atoms with Crippen molar-refractivity contribution in [2.75, 3.05) is 32.8 Å². The lowest BCUT2D eigenvalue weighted by Crippen LogP contribution is -2.47. The van der Waals surface area contributed by atoms with E-state index in [0.717, 1.165) is 50.6 Å². The molecule has 0 unspecified atom stereocenters. The zero-order chi connectivity index (χ0) is 16.4. The predicted molar refractivity (Wildman–Crippen MR) is 88.9 cm³/mol. The fourth-order valence-electron chi connectivity index (χ4n) is 3.36. The molecule has 1 amide bonds. The van der Waals surface area contributed by atoms with Crippen LogP contribution in [0.2, 0.25) is 0 Å². The minimum atomic E-state index is 0.166. The molecule has 3 rings (SSSR count). The van der Waals surface area contributed by atoms with Gasteiger partial charge in [-0.25, -0.2) is 0 Å². The van der Waals surface area contributed by atoms with Gasteiger partial charge in [-0.05, 0) is 26.0 Å². The molecule has 1 aromatic carbocycles. The number of carbonyl (C=O) groups excluding carboxylic acids is 1. The van der Waals surface area contributed by atoms with Crippen LogP contribution in [0, 0.1) is 0 Å². The van der Waals surface area contributed by atoms with Gasteiger partial charge in [0.2, 0.25) is 5.91 Å². The van der Waals surface area contributed by atoms with Crippen LogP contribution in [0.1, 0.15) is 31.9 Å². The van der Waals surface area contributed by atoms with Crippen LogP contribution in [-0.2, 0) is 17.8 Å². The van der Waals surface area contributed by atoms with Crippen LogP contribution in [0.4, 0.5) is 0 Å². The van der Waals surface area contributed by atoms with Crippen LogP contribution < -0.4 is 9.47 Å². The quantitative estimate of drug-likeness (QED) is 0.852. The number of nitrogens with zero attached hydrogens (tertiary/aromatic N) is 2. The van der Waals surface area contributed by atoms with Crippen molar-refractivity contribution in [3.63, 3.8) is 0 Å². The fourth-order valence-corrected chi connectivity index (χ4v) is 3.36. The molecule has 5 heteroatoms. The van der Waals surface area contributed by atoms with Crippen LogP contribution in [0.25, 0.3) is 0 Å². The molecule has 2 aliphatic heterocycles. The van der Waals surface area contributed by atoms with Crippen molar-refractivity contribution in [1.82, 2.24) is 9.80 Å². The van der Waals surface area contributed by atoms with E-state index in [-0.39, 0.29) is 12.0 Å². The zero-order valence-corrected chi connectivity index (χ0v) is 14.3. The van der Waals surface area contributed by atoms with Gasteiger partial charge in [0.05, 0.1) is 6.61 Å². The standard InChI is InChI=1S/C18H26N2O3/c1-4-22-17-10-15-9-13(2)23-18(15)11-16(17)12-19-5-7-20(8-6-19)14(3)21/h10-11,13H,4-9,12H2,1-3H3/t13-/m0/s1. The average Bonchev–Trinajstić information content (AvgIpc) is 2.87. The first-order valence-corrected chi connectivity index (χ1v) is 8.50. The third-order valence-electron chi connectivity index (χ3n) is 4.59. The van der Waals surface area contributed by atoms with Gasteiger partial charge in [0.25, 0.3) is 0 Å². The maximum Gasteiger partial charge on any atom is 0.219 e. The van der Waals surface area contributed by atoms with E-state index in [4.69, 9.17) is 9.47 Å². The molecule has 0 N–H and O–H groups in total. The van der Waals surface area contributed by atoms with E-state index in [0.29, 0.717) is 6.61 Å². The van der Waals surface area contributed by atoms with Crippen molar-refractivity contribution in [2.24, 2.45) is 0 Å². The SMILES string of the molecule is CCOc1cc2c(cc1CN1CCN(C(C)=O)CC1)O[C@@H](C)C2. The van der Waals surface area contributed by atoms with Crippen molar-refractivity contribution in [3.05, 3.63) is 23.3 Å². The maximum absolute atomic E-state index is 11.4. The van der Waals surface area contributed by atoms with Gasteiger partial charge in [0.1, 0.15) is 17.6 Å². The summed E-state index contributed by atoms with van der Waals surface area (Å²) in [6, 6.07) is 4.28. The number of fused-ring (bicyclic) bond motifs is 1. The number of ether oxygens (including phenoxy) is 2. The second kappa shape index (κ2) is 6.79. The third-order valence-corrected chi connectivity index (χ3v) is 4.59. The van der Waals surface area contributed by atoms with E-state index in [1.165, 1.54) is 11.1 Å². The van der Waals surface area contributed by atoms with E-state index >= 15 is 0 Å². The van der Waals surface area contributed by atoms with Crippen LogP contribution >= 0.6 is 0 Å². The number of amides is 1. The molecule has 0 radical (unpaired) electrons. The number of hydrogen-bond donors (Lipinski definition) is 0. The van der Waals surface area contributed by atoms with Crippen LogP contribution in [0.15, 0.2) is 12.1 Å². The van der Waals surface area contributed by atoms with Crippen LogP contribution in [0.3, 0.4) is 0 Å². The minimum absolute atomic E-state index is 0.166. The first-order chi connectivity index (χ1) is 11.1. The second-order valence-corrected chi connectivity index (χ2v) is 6.42. The molecule has 1 aromatic rings. The second-order valence-electron chi connectivity index (χ2n) is 6.42. The highest BCUT2D eigenvalue weighted by Gasteiger charge is 2.24. The molecule has 5 nitrogen and oxygen atoms in total. The molecule has 23 heavy (non-hydrogen) atoms. The zero-order valence-electron chi connectivity index (χ0n) is 14.3. The highest BCUT2D eigenvalue weighted by atomic mass is 16.5. The number of rotatable bonds is 4. The molecule has 126 valence electrons. The highest BCUT2D eigenvalue weighted by molar-refractivity contribution is 5.73. The van der Waals surface area contributed by atoms with E-state index in [1.54, 1.807) is 6.92 Å². The van der Waals surface area contributed by atoms with Crippen LogP contribution in [-0.4, -0.2) is 54.6 Å². The molecule has 2 aliphatic rings. The molecule has 1 saturated heterocycles. The Morgan fingerprint density at radius 3 is 2.70 bits per heavy atom. The topological polar surface area (TPSA) is 42.0 Å². The Kier molecular flexibility index (Phi) is 4.76. The first-order valence-electron chi connectivity index (χ1n) is 8.50. The number of carbonyl (C=O) groups is 1. The molecule has 0 aromatic heterocycles. The Balaban J connectivity index is 1.72. The van der Waals surface area contributed by atoms with Gasteiger partial charge in [0, 0.05) is 57.2 Å². The monoisotopic (exact) mass is 318 g/mol. The van der Waals surface area contributed by atoms with Crippen LogP contribution in [0.5, 0.6) is 11.5 Å². The van der Waals surface area contributed by atoms with E-state index in [1.807, 2.05) is 11.8 Å². The van der Waals surface area contributed by atoms with Gasteiger partial charge < -0.3 is 14.4 Å². The molecule has 1 fully saturated rings. The maximum atomic E-state index is 11.4. The molecule has 0 saturated carbocycles. The smallest absolute Gasteiger partial charge is 0.219 e. The van der Waals surface area contributed by atoms with E-state index in [2.05, 4.69) is 24.0 Å². The predicted octanol–water partition coefficient (Wildman–Crippen LogP) is 2.07. The minimum Gasteiger partial charge on any atom is -0.494 e. The van der Waals surface area contributed by atoms with Gasteiger partial charge in [0.15, 0.2) is 0 Å². The Morgan fingerprint density at radius 2 is 2.04 bits per heavy atom. The Bertz CT molecular complexity index is 580. The molecular formula is C18H26N2O3. The van der Waals surface area contributed by atoms with Crippen molar-refractivity contribution in [2.45, 2.75) is 39.8 Å². The lowest BCUT2D eigenvalue weighted by Gasteiger charge is -2.34. The summed E-state index contributed by atoms with van der Waals surface area (Å²) in [5, 5.41) is 0. The lowest BCUT2D eigenvalue weighted by molar-refractivity contribution is -0.130. The number of piperazine rings is 1. The van der Waals surface area contributed by atoms with Crippen molar-refractivity contribution < 1.29 is 14.3 Å². The lowest BCUT2D eigenvalue weighted by atomic mass is 10.1. The fraction of sp³-hybridized carbons (Fsp3) is 0.611. The molecular weight excluding hydrogens is 292 g/mol. The summed E-state index contributed by atoms with van der Waals surface area (Å²) in [6.07, 6.45) is 1.20. The molecule has 1 atom stereocenters. The molecule has 0 aliphatic carbocycles. The van der Waals surface area contributed by atoms with Crippen molar-refractivity contribution in [3.8, 4) is 11.5 Å². The average molecular weight is 318 g/mol. The normalized spacial score (nSPS) is 21.0. The largest absolute Gasteiger partial charge is 0.494 e. The summed E-state index contributed by atoms with van der Waals surface area (Å²) < 4.78 is 11.7. The molecule has 0 bridgehead atoms. The summed E-state index contributed by atoms with van der Waals surface area (Å²) in [5.74, 6) is 2.14. The summed E-state index contributed by atoms with van der Waals surface area (Å²) in [4.78, 5) is 15.7. The summed E-state index contributed by atoms with van der Waals surface area (Å²) in [5.41, 5.74) is 2.42. The molecule has 0 spiro atoms. The number of hydrogen-bond acceptors (Lipinski definition) is 4. The first kappa shape index (κ1) is 16.1. The van der Waals surface area contributed by atoms with Gasteiger partial charge in [-0.15, -0.1) is 0 Å². The third kappa shape index (κ3) is 3.61. The number of benzene rings is 1. The Morgan fingerprint density at radius 1 is 1.30 bits per heavy atom. The van der Waals surface area contributed by atoms with Gasteiger partial charge in [-0.2, -0.15) is 0 Å². The van der Waals surface area contributed by atoms with E-state index in [9.17, 15) is 4.79 Å². The van der Waals surface area contributed by atoms with Gasteiger partial charge in [-0.3, -0.25) is 9.69 Å². The summed E-state index contributed by atoms with van der Waals surface area (Å²) in [7, 11) is 0. The Hall–Kier alpha value is -1.75. The Labute approximate surface area is 138 Å². The summed E-state index contributed by atoms with van der Waals surface area (Å²) in [6.45, 7) is 10.7. The van der Waals surface area contributed by atoms with Crippen molar-refractivity contribution in [1.29, 1.82) is 0 Å². The van der Waals surface area contributed by atoms with Crippen molar-refractivity contribution >= 4 is 5.91 Å². The summed E-state index contributed by atoms with van der Waals surface area (Å²) >= 11 is 0. The molecule has 2 heterocycles. The van der Waals surface area contributed by atoms with Gasteiger partial charge in [-0.1, -0.05) is 0 Å². The highest BCUT2D eigenvalue weighted by Crippen LogP contribution is 2.35. The van der Waals surface area contributed by atoms with Gasteiger partial charge >= 0.3 is 0 Å². The van der Waals surface area contributed by atoms with E-state index < -0.39 is 0 Å².